The first kappa shape index (κ1) is 30.1. The van der Waals surface area contributed by atoms with Crippen LogP contribution in [0.25, 0.3) is 10.9 Å². The summed E-state index contributed by atoms with van der Waals surface area (Å²) in [6, 6.07) is 7.08. The molecule has 3 rings (SSSR count). The number of nitrogens with zero attached hydrogens (tertiary/aromatic N) is 3. The smallest absolute Gasteiger partial charge is 0.409 e. The molecule has 3 amide bonds. The summed E-state index contributed by atoms with van der Waals surface area (Å²) < 4.78 is 15.8. The average molecular weight is 559 g/mol. The summed E-state index contributed by atoms with van der Waals surface area (Å²) in [6.45, 7) is 5.87. The zero-order chi connectivity index (χ0) is 29.4. The molecule has 13 heteroatoms. The number of piperazine rings is 1. The van der Waals surface area contributed by atoms with Gasteiger partial charge in [0, 0.05) is 44.1 Å². The highest BCUT2D eigenvalue weighted by atomic mass is 16.6. The summed E-state index contributed by atoms with van der Waals surface area (Å²) >= 11 is 0. The number of ether oxygens (including phenoxy) is 3. The van der Waals surface area contributed by atoms with Crippen molar-refractivity contribution < 1.29 is 43.3 Å². The number of aliphatic carboxylic acids is 1. The summed E-state index contributed by atoms with van der Waals surface area (Å²) in [5, 5.41) is 12.4. The number of carbonyl (C=O) groups excluding carboxylic acids is 4. The summed E-state index contributed by atoms with van der Waals surface area (Å²) in [5.41, 5.74) is -1.05. The zero-order valence-electron chi connectivity index (χ0n) is 23.0. The van der Waals surface area contributed by atoms with Gasteiger partial charge in [-0.05, 0) is 39.3 Å². The SMILES string of the molecule is CCOC(=O)N1CCN(C(=O)C(CCC(=O)O)NC(=O)c2cc(OC(C)(C)C(=O)OC)c3ccccc3n2)CC1. The third kappa shape index (κ3) is 7.36. The van der Waals surface area contributed by atoms with Crippen LogP contribution in [0.2, 0.25) is 0 Å². The van der Waals surface area contributed by atoms with Crippen LogP contribution in [0.3, 0.4) is 0 Å². The van der Waals surface area contributed by atoms with Crippen LogP contribution in [0.5, 0.6) is 5.75 Å². The molecule has 1 aliphatic rings. The molecule has 13 nitrogen and oxygen atoms in total. The molecule has 2 N–H and O–H groups in total. The fourth-order valence-corrected chi connectivity index (χ4v) is 4.21. The first-order valence-corrected chi connectivity index (χ1v) is 12.9. The molecule has 1 aliphatic heterocycles. The number of carboxylic acids is 1. The second-order valence-electron chi connectivity index (χ2n) is 9.60. The number of para-hydroxylation sites is 1. The van der Waals surface area contributed by atoms with E-state index in [9.17, 15) is 29.1 Å². The molecule has 1 saturated heterocycles. The molecular formula is C27H34N4O9. The Morgan fingerprint density at radius 2 is 1.73 bits per heavy atom. The van der Waals surface area contributed by atoms with Crippen molar-refractivity contribution in [2.75, 3.05) is 39.9 Å². The predicted octanol–water partition coefficient (Wildman–Crippen LogP) is 1.83. The second-order valence-corrected chi connectivity index (χ2v) is 9.60. The molecule has 0 radical (unpaired) electrons. The van der Waals surface area contributed by atoms with Crippen molar-refractivity contribution in [2.24, 2.45) is 0 Å². The van der Waals surface area contributed by atoms with E-state index in [4.69, 9.17) is 14.2 Å². The molecule has 1 aromatic carbocycles. The number of pyridine rings is 1. The Labute approximate surface area is 231 Å². The number of esters is 1. The minimum Gasteiger partial charge on any atom is -0.481 e. The highest BCUT2D eigenvalue weighted by Crippen LogP contribution is 2.29. The van der Waals surface area contributed by atoms with Gasteiger partial charge in [-0.3, -0.25) is 14.4 Å². The molecule has 1 fully saturated rings. The Hall–Kier alpha value is -4.42. The number of hydrogen-bond donors (Lipinski definition) is 2. The van der Waals surface area contributed by atoms with Gasteiger partial charge in [0.25, 0.3) is 5.91 Å². The Morgan fingerprint density at radius 1 is 1.07 bits per heavy atom. The molecule has 216 valence electrons. The Kier molecular flexibility index (Phi) is 9.86. The van der Waals surface area contributed by atoms with Crippen molar-refractivity contribution in [3.05, 3.63) is 36.0 Å². The van der Waals surface area contributed by atoms with Gasteiger partial charge in [0.1, 0.15) is 17.5 Å². The Balaban J connectivity index is 1.83. The minimum atomic E-state index is -1.38. The van der Waals surface area contributed by atoms with Gasteiger partial charge in [-0.15, -0.1) is 0 Å². The maximum Gasteiger partial charge on any atom is 0.409 e. The molecule has 1 aromatic heterocycles. The second kappa shape index (κ2) is 13.1. The van der Waals surface area contributed by atoms with E-state index in [0.717, 1.165) is 0 Å². The normalized spacial score (nSPS) is 14.3. The maximum absolute atomic E-state index is 13.3. The van der Waals surface area contributed by atoms with Gasteiger partial charge in [-0.2, -0.15) is 0 Å². The summed E-state index contributed by atoms with van der Waals surface area (Å²) in [6.07, 6.45) is -0.975. The topological polar surface area (TPSA) is 165 Å². The summed E-state index contributed by atoms with van der Waals surface area (Å²) in [7, 11) is 1.24. The predicted molar refractivity (Wildman–Crippen MR) is 142 cm³/mol. The van der Waals surface area contributed by atoms with E-state index in [1.807, 2.05) is 0 Å². The van der Waals surface area contributed by atoms with Crippen LogP contribution in [0.1, 0.15) is 44.1 Å². The van der Waals surface area contributed by atoms with E-state index in [0.29, 0.717) is 10.9 Å². The van der Waals surface area contributed by atoms with Crippen LogP contribution < -0.4 is 10.1 Å². The van der Waals surface area contributed by atoms with Crippen molar-refractivity contribution in [2.45, 2.75) is 45.3 Å². The number of benzene rings is 1. The monoisotopic (exact) mass is 558 g/mol. The summed E-state index contributed by atoms with van der Waals surface area (Å²) in [4.78, 5) is 69.5. The van der Waals surface area contributed by atoms with Gasteiger partial charge in [-0.25, -0.2) is 14.6 Å². The van der Waals surface area contributed by atoms with E-state index in [-0.39, 0.29) is 57.1 Å². The number of carboxylic acid groups (broad SMARTS) is 1. The lowest BCUT2D eigenvalue weighted by Crippen LogP contribution is -2.56. The number of methoxy groups -OCH3 is 1. The molecule has 2 aromatic rings. The molecule has 2 heterocycles. The number of aromatic nitrogens is 1. The third-order valence-electron chi connectivity index (χ3n) is 6.32. The first-order valence-electron chi connectivity index (χ1n) is 12.9. The standard InChI is InChI=1S/C27H34N4O9/c1-5-39-26(37)31-14-12-30(13-15-31)24(35)19(10-11-22(32)33)29-23(34)20-16-21(40-27(2,3)25(36)38-4)17-8-6-7-9-18(17)28-20/h6-9,16,19H,5,10-15H2,1-4H3,(H,29,34)(H,32,33). The van der Waals surface area contributed by atoms with Crippen LogP contribution >= 0.6 is 0 Å². The fourth-order valence-electron chi connectivity index (χ4n) is 4.21. The van der Waals surface area contributed by atoms with Crippen molar-refractivity contribution in [1.29, 1.82) is 0 Å². The number of rotatable bonds is 10. The van der Waals surface area contributed by atoms with E-state index in [1.54, 1.807) is 31.2 Å². The van der Waals surface area contributed by atoms with Crippen LogP contribution in [0.4, 0.5) is 4.79 Å². The van der Waals surface area contributed by atoms with E-state index in [2.05, 4.69) is 10.3 Å². The number of nitrogens with one attached hydrogen (secondary N) is 1. The number of hydrogen-bond acceptors (Lipinski definition) is 9. The highest BCUT2D eigenvalue weighted by molar-refractivity contribution is 5.99. The minimum absolute atomic E-state index is 0.0883. The van der Waals surface area contributed by atoms with Crippen LogP contribution in [0, 0.1) is 0 Å². The van der Waals surface area contributed by atoms with Crippen molar-refractivity contribution >= 4 is 40.7 Å². The highest BCUT2D eigenvalue weighted by Gasteiger charge is 2.33. The molecule has 0 aliphatic carbocycles. The van der Waals surface area contributed by atoms with E-state index in [1.165, 1.54) is 36.8 Å². The molecule has 1 atom stereocenters. The van der Waals surface area contributed by atoms with Crippen molar-refractivity contribution in [1.82, 2.24) is 20.1 Å². The van der Waals surface area contributed by atoms with Gasteiger partial charge in [0.2, 0.25) is 5.91 Å². The van der Waals surface area contributed by atoms with Gasteiger partial charge in [-0.1, -0.05) is 12.1 Å². The fraction of sp³-hybridized carbons (Fsp3) is 0.481. The van der Waals surface area contributed by atoms with E-state index < -0.39 is 41.5 Å². The molecular weight excluding hydrogens is 524 g/mol. The van der Waals surface area contributed by atoms with Crippen molar-refractivity contribution in [3.63, 3.8) is 0 Å². The average Bonchev–Trinajstić information content (AvgIpc) is 2.94. The molecule has 0 spiro atoms. The summed E-state index contributed by atoms with van der Waals surface area (Å²) in [5.74, 6) is -2.73. The first-order chi connectivity index (χ1) is 19.0. The molecule has 1 unspecified atom stereocenters. The van der Waals surface area contributed by atoms with Crippen molar-refractivity contribution in [3.8, 4) is 5.75 Å². The van der Waals surface area contributed by atoms with Crippen LogP contribution in [-0.2, 0) is 23.9 Å². The lowest BCUT2D eigenvalue weighted by molar-refractivity contribution is -0.156. The third-order valence-corrected chi connectivity index (χ3v) is 6.32. The maximum atomic E-state index is 13.3. The molecule has 0 bridgehead atoms. The number of fused-ring (bicyclic) bond motifs is 1. The number of amides is 3. The van der Waals surface area contributed by atoms with Crippen LogP contribution in [0.15, 0.2) is 30.3 Å². The van der Waals surface area contributed by atoms with E-state index >= 15 is 0 Å². The zero-order valence-corrected chi connectivity index (χ0v) is 23.0. The van der Waals surface area contributed by atoms with Gasteiger partial charge in [0.05, 0.1) is 19.2 Å². The van der Waals surface area contributed by atoms with Gasteiger partial charge < -0.3 is 34.4 Å². The molecule has 0 saturated carbocycles. The lowest BCUT2D eigenvalue weighted by Gasteiger charge is -2.35. The Morgan fingerprint density at radius 3 is 2.35 bits per heavy atom. The van der Waals surface area contributed by atoms with Gasteiger partial charge in [0.15, 0.2) is 5.60 Å². The lowest BCUT2D eigenvalue weighted by atomic mass is 10.1. The quantitative estimate of drug-likeness (QED) is 0.411. The number of carbonyl (C=O) groups is 5. The molecule has 40 heavy (non-hydrogen) atoms. The van der Waals surface area contributed by atoms with Crippen LogP contribution in [-0.4, -0.2) is 101 Å². The largest absolute Gasteiger partial charge is 0.481 e. The van der Waals surface area contributed by atoms with Gasteiger partial charge >= 0.3 is 18.0 Å². The Bertz CT molecular complexity index is 1270.